The van der Waals surface area contributed by atoms with Crippen LogP contribution in [0.15, 0.2) is 18.6 Å². The van der Waals surface area contributed by atoms with Crippen molar-refractivity contribution in [1.82, 2.24) is 15.3 Å². The van der Waals surface area contributed by atoms with Gasteiger partial charge in [-0.1, -0.05) is 0 Å². The van der Waals surface area contributed by atoms with Crippen molar-refractivity contribution in [1.29, 1.82) is 5.26 Å². The minimum Gasteiger partial charge on any atom is -0.310 e. The summed E-state index contributed by atoms with van der Waals surface area (Å²) < 4.78 is 0. The van der Waals surface area contributed by atoms with Gasteiger partial charge >= 0.3 is 0 Å². The molecule has 4 heteroatoms. The topological polar surface area (TPSA) is 61.6 Å². The summed E-state index contributed by atoms with van der Waals surface area (Å²) in [6, 6.07) is 4.01. The lowest BCUT2D eigenvalue weighted by Gasteiger charge is -2.04. The highest BCUT2D eigenvalue weighted by molar-refractivity contribution is 4.97. The van der Waals surface area contributed by atoms with Gasteiger partial charge in [0.2, 0.25) is 0 Å². The lowest BCUT2D eigenvalue weighted by molar-refractivity contribution is 0.595. The van der Waals surface area contributed by atoms with E-state index in [-0.39, 0.29) is 5.92 Å². The molecular formula is C9H12N4. The van der Waals surface area contributed by atoms with Gasteiger partial charge in [0.15, 0.2) is 0 Å². The molecule has 1 heterocycles. The molecule has 0 aliphatic rings. The van der Waals surface area contributed by atoms with Crippen LogP contribution in [-0.2, 0) is 6.54 Å². The maximum Gasteiger partial charge on any atom is 0.115 e. The van der Waals surface area contributed by atoms with Crippen LogP contribution in [0.25, 0.3) is 0 Å². The Kier molecular flexibility index (Phi) is 3.86. The largest absolute Gasteiger partial charge is 0.310 e. The third-order valence-corrected chi connectivity index (χ3v) is 1.62. The van der Waals surface area contributed by atoms with Crippen LogP contribution in [0, 0.1) is 17.2 Å². The molecule has 1 N–H and O–H groups in total. The fourth-order valence-electron chi connectivity index (χ4n) is 0.885. The van der Waals surface area contributed by atoms with Crippen molar-refractivity contribution in [2.24, 2.45) is 5.92 Å². The number of nitriles is 1. The maximum atomic E-state index is 8.52. The first-order valence-corrected chi connectivity index (χ1v) is 4.18. The van der Waals surface area contributed by atoms with Crippen LogP contribution in [0.3, 0.4) is 0 Å². The van der Waals surface area contributed by atoms with Gasteiger partial charge in [0.05, 0.1) is 17.7 Å². The van der Waals surface area contributed by atoms with Crippen molar-refractivity contribution in [2.75, 3.05) is 6.54 Å². The maximum absolute atomic E-state index is 8.52. The van der Waals surface area contributed by atoms with Crippen LogP contribution in [0.2, 0.25) is 0 Å². The SMILES string of the molecule is CC(C#N)CNCc1ccncn1. The van der Waals surface area contributed by atoms with Crippen molar-refractivity contribution >= 4 is 0 Å². The van der Waals surface area contributed by atoms with Gasteiger partial charge in [-0.15, -0.1) is 0 Å². The summed E-state index contributed by atoms with van der Waals surface area (Å²) in [6.45, 7) is 3.27. The molecule has 0 spiro atoms. The summed E-state index contributed by atoms with van der Waals surface area (Å²) >= 11 is 0. The molecule has 0 saturated heterocycles. The van der Waals surface area contributed by atoms with Crippen molar-refractivity contribution in [3.8, 4) is 6.07 Å². The average molecular weight is 176 g/mol. The van der Waals surface area contributed by atoms with E-state index in [0.29, 0.717) is 13.1 Å². The molecule has 0 aliphatic carbocycles. The van der Waals surface area contributed by atoms with E-state index in [1.54, 1.807) is 6.20 Å². The highest BCUT2D eigenvalue weighted by atomic mass is 14.9. The molecule has 4 nitrogen and oxygen atoms in total. The van der Waals surface area contributed by atoms with Gasteiger partial charge in [-0.25, -0.2) is 9.97 Å². The van der Waals surface area contributed by atoms with Gasteiger partial charge in [-0.2, -0.15) is 5.26 Å². The molecule has 1 unspecified atom stereocenters. The summed E-state index contributed by atoms with van der Waals surface area (Å²) in [5, 5.41) is 11.7. The Hall–Kier alpha value is -1.47. The van der Waals surface area contributed by atoms with Crippen LogP contribution < -0.4 is 5.32 Å². The first-order chi connectivity index (χ1) is 6.33. The molecule has 1 aromatic rings. The second-order valence-corrected chi connectivity index (χ2v) is 2.86. The lowest BCUT2D eigenvalue weighted by Crippen LogP contribution is -2.20. The van der Waals surface area contributed by atoms with Crippen molar-refractivity contribution in [3.63, 3.8) is 0 Å². The first kappa shape index (κ1) is 9.62. The minimum absolute atomic E-state index is 0.0434. The molecule has 0 radical (unpaired) electrons. The fraction of sp³-hybridized carbons (Fsp3) is 0.444. The molecule has 0 saturated carbocycles. The van der Waals surface area contributed by atoms with Crippen molar-refractivity contribution < 1.29 is 0 Å². The Morgan fingerprint density at radius 2 is 2.54 bits per heavy atom. The van der Waals surface area contributed by atoms with Gasteiger partial charge in [-0.05, 0) is 13.0 Å². The second kappa shape index (κ2) is 5.22. The number of aromatic nitrogens is 2. The Labute approximate surface area is 77.6 Å². The molecule has 68 valence electrons. The van der Waals surface area contributed by atoms with E-state index in [1.165, 1.54) is 6.33 Å². The molecular weight excluding hydrogens is 164 g/mol. The smallest absolute Gasteiger partial charge is 0.115 e. The van der Waals surface area contributed by atoms with E-state index in [1.807, 2.05) is 13.0 Å². The van der Waals surface area contributed by atoms with Crippen molar-refractivity contribution in [2.45, 2.75) is 13.5 Å². The third-order valence-electron chi connectivity index (χ3n) is 1.62. The summed E-state index contributed by atoms with van der Waals surface area (Å²) in [4.78, 5) is 7.86. The van der Waals surface area contributed by atoms with E-state index >= 15 is 0 Å². The average Bonchev–Trinajstić information content (AvgIpc) is 2.19. The predicted molar refractivity (Wildman–Crippen MR) is 48.5 cm³/mol. The van der Waals surface area contributed by atoms with Crippen LogP contribution in [0.4, 0.5) is 0 Å². The van der Waals surface area contributed by atoms with E-state index in [2.05, 4.69) is 21.4 Å². The summed E-state index contributed by atoms with van der Waals surface area (Å²) in [7, 11) is 0. The zero-order valence-corrected chi connectivity index (χ0v) is 7.57. The number of rotatable bonds is 4. The standard InChI is InChI=1S/C9H12N4/c1-8(4-10)5-12-6-9-2-3-11-7-13-9/h2-3,7-8,12H,5-6H2,1H3. The number of nitrogens with zero attached hydrogens (tertiary/aromatic N) is 3. The molecule has 0 amide bonds. The number of hydrogen-bond donors (Lipinski definition) is 1. The van der Waals surface area contributed by atoms with Crippen LogP contribution in [0.1, 0.15) is 12.6 Å². The van der Waals surface area contributed by atoms with Crippen molar-refractivity contribution in [3.05, 3.63) is 24.3 Å². The molecule has 0 aliphatic heterocycles. The van der Waals surface area contributed by atoms with Gasteiger partial charge in [0.1, 0.15) is 6.33 Å². The predicted octanol–water partition coefficient (Wildman–Crippen LogP) is 0.726. The van der Waals surface area contributed by atoms with Gasteiger partial charge in [0, 0.05) is 19.3 Å². The summed E-state index contributed by atoms with van der Waals surface area (Å²) in [5.41, 5.74) is 0.945. The van der Waals surface area contributed by atoms with Gasteiger partial charge < -0.3 is 5.32 Å². The molecule has 0 fully saturated rings. The Balaban J connectivity index is 2.25. The van der Waals surface area contributed by atoms with E-state index < -0.39 is 0 Å². The van der Waals surface area contributed by atoms with Crippen LogP contribution in [0.5, 0.6) is 0 Å². The number of nitrogens with one attached hydrogen (secondary N) is 1. The second-order valence-electron chi connectivity index (χ2n) is 2.86. The molecule has 1 rings (SSSR count). The Bertz CT molecular complexity index is 277. The van der Waals surface area contributed by atoms with E-state index in [9.17, 15) is 0 Å². The van der Waals surface area contributed by atoms with Gasteiger partial charge in [0.25, 0.3) is 0 Å². The molecule has 0 bridgehead atoms. The van der Waals surface area contributed by atoms with E-state index in [4.69, 9.17) is 5.26 Å². The molecule has 1 aromatic heterocycles. The quantitative estimate of drug-likeness (QED) is 0.734. The Morgan fingerprint density at radius 3 is 3.15 bits per heavy atom. The Morgan fingerprint density at radius 1 is 1.69 bits per heavy atom. The zero-order valence-electron chi connectivity index (χ0n) is 7.57. The molecule has 13 heavy (non-hydrogen) atoms. The lowest BCUT2D eigenvalue weighted by atomic mass is 10.2. The third kappa shape index (κ3) is 3.63. The first-order valence-electron chi connectivity index (χ1n) is 4.18. The zero-order chi connectivity index (χ0) is 9.52. The minimum atomic E-state index is 0.0434. The molecule has 0 aromatic carbocycles. The monoisotopic (exact) mass is 176 g/mol. The van der Waals surface area contributed by atoms with E-state index in [0.717, 1.165) is 5.69 Å². The normalized spacial score (nSPS) is 12.0. The summed E-state index contributed by atoms with van der Waals surface area (Å²) in [6.07, 6.45) is 3.22. The van der Waals surface area contributed by atoms with Crippen LogP contribution >= 0.6 is 0 Å². The summed E-state index contributed by atoms with van der Waals surface area (Å²) in [5.74, 6) is 0.0434. The molecule has 1 atom stereocenters. The highest BCUT2D eigenvalue weighted by Gasteiger charge is 1.98. The number of hydrogen-bond acceptors (Lipinski definition) is 4. The fourth-order valence-corrected chi connectivity index (χ4v) is 0.885. The highest BCUT2D eigenvalue weighted by Crippen LogP contribution is 1.92. The van der Waals surface area contributed by atoms with Gasteiger partial charge in [-0.3, -0.25) is 0 Å². The van der Waals surface area contributed by atoms with Crippen LogP contribution in [-0.4, -0.2) is 16.5 Å².